The van der Waals surface area contributed by atoms with Crippen LogP contribution >= 0.6 is 0 Å². The van der Waals surface area contributed by atoms with E-state index in [2.05, 4.69) is 37.3 Å². The van der Waals surface area contributed by atoms with Crippen LogP contribution in [-0.2, 0) is 0 Å². The largest absolute Gasteiger partial charge is 0.293 e. The van der Waals surface area contributed by atoms with E-state index in [0.717, 1.165) is 29.4 Å². The maximum atomic E-state index is 12.4. The lowest BCUT2D eigenvalue weighted by molar-refractivity contribution is 0.0938. The summed E-state index contributed by atoms with van der Waals surface area (Å²) >= 11 is 0. The highest BCUT2D eigenvalue weighted by Crippen LogP contribution is 2.29. The molecule has 1 atom stereocenters. The number of hydrogen-bond donors (Lipinski definition) is 0. The van der Waals surface area contributed by atoms with Crippen LogP contribution in [-0.4, -0.2) is 5.78 Å². The number of carbonyl (C=O) groups is 1. The molecule has 18 heavy (non-hydrogen) atoms. The molecule has 1 aliphatic rings. The summed E-state index contributed by atoms with van der Waals surface area (Å²) in [5, 5.41) is 2.35. The first kappa shape index (κ1) is 11.2. The van der Waals surface area contributed by atoms with Gasteiger partial charge in [-0.2, -0.15) is 0 Å². The van der Waals surface area contributed by atoms with E-state index >= 15 is 0 Å². The fourth-order valence-electron chi connectivity index (χ4n) is 2.65. The number of rotatable bonds is 2. The fourth-order valence-corrected chi connectivity index (χ4v) is 2.65. The third kappa shape index (κ3) is 1.76. The molecular weight excluding hydrogens is 220 g/mol. The minimum atomic E-state index is 0.0728. The molecule has 2 aromatic rings. The maximum Gasteiger partial charge on any atom is 0.170 e. The average Bonchev–Trinajstić information content (AvgIpc) is 2.41. The lowest BCUT2D eigenvalue weighted by atomic mass is 9.84. The van der Waals surface area contributed by atoms with Crippen molar-refractivity contribution in [1.29, 1.82) is 0 Å². The van der Waals surface area contributed by atoms with E-state index in [-0.39, 0.29) is 11.7 Å². The van der Waals surface area contributed by atoms with Crippen molar-refractivity contribution >= 4 is 22.6 Å². The first-order chi connectivity index (χ1) is 8.79. The van der Waals surface area contributed by atoms with E-state index in [0.29, 0.717) is 0 Å². The molecule has 0 radical (unpaired) electrons. The molecule has 0 spiro atoms. The highest BCUT2D eigenvalue weighted by Gasteiger charge is 2.22. The van der Waals surface area contributed by atoms with Gasteiger partial charge in [0.25, 0.3) is 0 Å². The van der Waals surface area contributed by atoms with Gasteiger partial charge in [0.15, 0.2) is 5.78 Å². The Bertz CT molecular complexity index is 637. The standard InChI is InChI=1S/C17H16O/c1-2-5-12-8-9-15-10-13-6-3-4-7-14(13)11-16(15)17(12)18/h3-4,6-12H,2,5H2,1H3. The topological polar surface area (TPSA) is 17.1 Å². The second-order valence-corrected chi connectivity index (χ2v) is 4.91. The molecule has 0 aliphatic heterocycles. The van der Waals surface area contributed by atoms with Gasteiger partial charge in [-0.15, -0.1) is 0 Å². The molecule has 2 aromatic carbocycles. The molecule has 1 aliphatic carbocycles. The first-order valence-corrected chi connectivity index (χ1v) is 6.55. The molecule has 0 bridgehead atoms. The van der Waals surface area contributed by atoms with Crippen molar-refractivity contribution in [3.63, 3.8) is 0 Å². The zero-order valence-electron chi connectivity index (χ0n) is 10.5. The Labute approximate surface area is 107 Å². The summed E-state index contributed by atoms with van der Waals surface area (Å²) in [6, 6.07) is 12.4. The van der Waals surface area contributed by atoms with Crippen LogP contribution in [0.3, 0.4) is 0 Å². The second kappa shape index (κ2) is 4.41. The van der Waals surface area contributed by atoms with Crippen molar-refractivity contribution in [3.05, 3.63) is 53.6 Å². The minimum absolute atomic E-state index is 0.0728. The van der Waals surface area contributed by atoms with Crippen LogP contribution < -0.4 is 0 Å². The van der Waals surface area contributed by atoms with Crippen LogP contribution in [0.2, 0.25) is 0 Å². The summed E-state index contributed by atoms with van der Waals surface area (Å²) in [5.41, 5.74) is 1.95. The predicted octanol–water partition coefficient (Wildman–Crippen LogP) is 4.47. The maximum absolute atomic E-state index is 12.4. The molecule has 0 saturated heterocycles. The van der Waals surface area contributed by atoms with Gasteiger partial charge in [0.1, 0.15) is 0 Å². The zero-order valence-corrected chi connectivity index (χ0v) is 10.5. The van der Waals surface area contributed by atoms with E-state index in [4.69, 9.17) is 0 Å². The van der Waals surface area contributed by atoms with Gasteiger partial charge in [0.05, 0.1) is 0 Å². The molecule has 1 heteroatoms. The number of ketones is 1. The van der Waals surface area contributed by atoms with E-state index in [1.54, 1.807) is 0 Å². The number of hydrogen-bond acceptors (Lipinski definition) is 1. The molecule has 3 rings (SSSR count). The minimum Gasteiger partial charge on any atom is -0.293 e. The lowest BCUT2D eigenvalue weighted by Crippen LogP contribution is -2.16. The molecule has 0 aromatic heterocycles. The average molecular weight is 236 g/mol. The molecule has 1 nitrogen and oxygen atoms in total. The Morgan fingerprint density at radius 3 is 2.56 bits per heavy atom. The predicted molar refractivity (Wildman–Crippen MR) is 75.7 cm³/mol. The number of allylic oxidation sites excluding steroid dienone is 1. The summed E-state index contributed by atoms with van der Waals surface area (Å²) in [5.74, 6) is 0.351. The number of benzene rings is 2. The van der Waals surface area contributed by atoms with Crippen molar-refractivity contribution in [2.75, 3.05) is 0 Å². The van der Waals surface area contributed by atoms with Crippen molar-refractivity contribution in [1.82, 2.24) is 0 Å². The fraction of sp³-hybridized carbons (Fsp3) is 0.235. The van der Waals surface area contributed by atoms with Gasteiger partial charge in [-0.1, -0.05) is 49.8 Å². The highest BCUT2D eigenvalue weighted by atomic mass is 16.1. The molecular formula is C17H16O. The van der Waals surface area contributed by atoms with Gasteiger partial charge in [0, 0.05) is 11.5 Å². The van der Waals surface area contributed by atoms with E-state index in [1.165, 1.54) is 5.39 Å². The Hall–Kier alpha value is -1.89. The van der Waals surface area contributed by atoms with Crippen LogP contribution in [0.5, 0.6) is 0 Å². The summed E-state index contributed by atoms with van der Waals surface area (Å²) in [4.78, 5) is 12.4. The monoisotopic (exact) mass is 236 g/mol. The summed E-state index contributed by atoms with van der Waals surface area (Å²) in [6.45, 7) is 2.12. The Balaban J connectivity index is 2.14. The smallest absolute Gasteiger partial charge is 0.170 e. The normalized spacial score (nSPS) is 18.1. The van der Waals surface area contributed by atoms with Crippen LogP contribution in [0.15, 0.2) is 42.5 Å². The van der Waals surface area contributed by atoms with Gasteiger partial charge in [-0.25, -0.2) is 0 Å². The van der Waals surface area contributed by atoms with E-state index in [1.807, 2.05) is 18.2 Å². The van der Waals surface area contributed by atoms with Crippen LogP contribution in [0.4, 0.5) is 0 Å². The molecule has 0 saturated carbocycles. The Morgan fingerprint density at radius 1 is 1.11 bits per heavy atom. The van der Waals surface area contributed by atoms with Crippen LogP contribution in [0.25, 0.3) is 16.8 Å². The highest BCUT2D eigenvalue weighted by molar-refractivity contribution is 6.07. The zero-order chi connectivity index (χ0) is 12.5. The lowest BCUT2D eigenvalue weighted by Gasteiger charge is -2.18. The molecule has 0 heterocycles. The van der Waals surface area contributed by atoms with Crippen molar-refractivity contribution in [3.8, 4) is 0 Å². The molecule has 0 fully saturated rings. The third-order valence-corrected chi connectivity index (χ3v) is 3.63. The summed E-state index contributed by atoms with van der Waals surface area (Å²) in [7, 11) is 0. The molecule has 1 unspecified atom stereocenters. The van der Waals surface area contributed by atoms with E-state index in [9.17, 15) is 4.79 Å². The van der Waals surface area contributed by atoms with Gasteiger partial charge >= 0.3 is 0 Å². The van der Waals surface area contributed by atoms with Gasteiger partial charge in [-0.3, -0.25) is 4.79 Å². The van der Waals surface area contributed by atoms with Crippen LogP contribution in [0.1, 0.15) is 35.7 Å². The second-order valence-electron chi connectivity index (χ2n) is 4.91. The van der Waals surface area contributed by atoms with Gasteiger partial charge in [-0.05, 0) is 34.9 Å². The summed E-state index contributed by atoms with van der Waals surface area (Å²) in [6.07, 6.45) is 6.15. The van der Waals surface area contributed by atoms with Crippen molar-refractivity contribution in [2.45, 2.75) is 19.8 Å². The van der Waals surface area contributed by atoms with E-state index < -0.39 is 0 Å². The third-order valence-electron chi connectivity index (χ3n) is 3.63. The molecule has 90 valence electrons. The van der Waals surface area contributed by atoms with Crippen molar-refractivity contribution < 1.29 is 4.79 Å². The van der Waals surface area contributed by atoms with Crippen LogP contribution in [0, 0.1) is 5.92 Å². The summed E-state index contributed by atoms with van der Waals surface area (Å²) < 4.78 is 0. The molecule has 0 amide bonds. The number of Topliss-reactive ketones (excluding diaryl/α,β-unsaturated/α-hetero) is 1. The Morgan fingerprint density at radius 2 is 1.83 bits per heavy atom. The van der Waals surface area contributed by atoms with Crippen molar-refractivity contribution in [2.24, 2.45) is 5.92 Å². The number of carbonyl (C=O) groups excluding carboxylic acids is 1. The Kier molecular flexibility index (Phi) is 2.75. The molecule has 0 N–H and O–H groups in total. The quantitative estimate of drug-likeness (QED) is 0.752. The van der Waals surface area contributed by atoms with Gasteiger partial charge in [0.2, 0.25) is 0 Å². The number of fused-ring (bicyclic) bond motifs is 2. The first-order valence-electron chi connectivity index (χ1n) is 6.55. The van der Waals surface area contributed by atoms with Gasteiger partial charge < -0.3 is 0 Å². The SMILES string of the molecule is CCCC1C=Cc2cc3ccccc3cc2C1=O.